The minimum absolute atomic E-state index is 0.199. The number of hydrogen-bond donors (Lipinski definition) is 5. The molecular weight excluding hydrogens is 360 g/mol. The SMILES string of the molecule is CC(=O)N[C@@H]1[C@@H](O)C[C@@H](CO)O[C@H]1SC[C@H](N)C(=O)Nc1ccccn1. The van der Waals surface area contributed by atoms with Crippen molar-refractivity contribution in [3.8, 4) is 0 Å². The molecule has 6 N–H and O–H groups in total. The van der Waals surface area contributed by atoms with Gasteiger partial charge in [0.1, 0.15) is 11.3 Å². The second-order valence-electron chi connectivity index (χ2n) is 5.98. The van der Waals surface area contributed by atoms with Crippen molar-refractivity contribution in [3.05, 3.63) is 24.4 Å². The molecule has 2 heterocycles. The number of nitrogens with one attached hydrogen (secondary N) is 2. The summed E-state index contributed by atoms with van der Waals surface area (Å²) in [6, 6.07) is 3.64. The molecule has 1 aromatic rings. The molecule has 0 spiro atoms. The topological polar surface area (TPSA) is 147 Å². The van der Waals surface area contributed by atoms with E-state index >= 15 is 0 Å². The number of carbonyl (C=O) groups excluding carboxylic acids is 2. The van der Waals surface area contributed by atoms with Gasteiger partial charge in [-0.3, -0.25) is 9.59 Å². The highest BCUT2D eigenvalue weighted by atomic mass is 32.2. The summed E-state index contributed by atoms with van der Waals surface area (Å²) in [6.07, 6.45) is 0.372. The average Bonchev–Trinajstić information content (AvgIpc) is 2.62. The van der Waals surface area contributed by atoms with Gasteiger partial charge in [0.15, 0.2) is 0 Å². The van der Waals surface area contributed by atoms with E-state index in [9.17, 15) is 19.8 Å². The van der Waals surface area contributed by atoms with Gasteiger partial charge in [-0.25, -0.2) is 4.98 Å². The number of amides is 2. The Balaban J connectivity index is 1.92. The van der Waals surface area contributed by atoms with Crippen LogP contribution >= 0.6 is 11.8 Å². The summed E-state index contributed by atoms with van der Waals surface area (Å²) in [5.41, 5.74) is 5.28. The molecule has 26 heavy (non-hydrogen) atoms. The summed E-state index contributed by atoms with van der Waals surface area (Å²) in [5, 5.41) is 24.8. The fourth-order valence-corrected chi connectivity index (χ4v) is 3.76. The monoisotopic (exact) mass is 384 g/mol. The quantitative estimate of drug-likeness (QED) is 0.404. The highest BCUT2D eigenvalue weighted by molar-refractivity contribution is 7.99. The summed E-state index contributed by atoms with van der Waals surface area (Å²) >= 11 is 1.20. The number of hydrogen-bond acceptors (Lipinski definition) is 8. The van der Waals surface area contributed by atoms with Crippen molar-refractivity contribution in [1.82, 2.24) is 10.3 Å². The smallest absolute Gasteiger partial charge is 0.243 e. The van der Waals surface area contributed by atoms with Crippen LogP contribution in [-0.4, -0.2) is 69.1 Å². The molecule has 0 aromatic carbocycles. The standard InChI is InChI=1S/C16H24N4O5S/c1-9(22)19-14-12(23)6-10(7-21)25-16(14)26-8-11(17)15(24)20-13-4-2-3-5-18-13/h2-5,10-12,14,16,21,23H,6-8,17H2,1H3,(H,19,22)(H,18,20,24)/t10-,11-,12-,14+,16-/m0/s1. The zero-order chi connectivity index (χ0) is 19.1. The van der Waals surface area contributed by atoms with Crippen molar-refractivity contribution in [2.24, 2.45) is 5.73 Å². The summed E-state index contributed by atoms with van der Waals surface area (Å²) in [4.78, 5) is 27.5. The zero-order valence-electron chi connectivity index (χ0n) is 14.4. The number of anilines is 1. The number of ether oxygens (including phenoxy) is 1. The molecule has 1 fully saturated rings. The Hall–Kier alpha value is -1.72. The van der Waals surface area contributed by atoms with Crippen LogP contribution in [-0.2, 0) is 14.3 Å². The molecule has 10 heteroatoms. The number of thioether (sulfide) groups is 1. The Bertz CT molecular complexity index is 606. The Morgan fingerprint density at radius 1 is 1.50 bits per heavy atom. The van der Waals surface area contributed by atoms with Gasteiger partial charge >= 0.3 is 0 Å². The maximum absolute atomic E-state index is 12.1. The van der Waals surface area contributed by atoms with Crippen LogP contribution in [0.1, 0.15) is 13.3 Å². The molecule has 2 amide bonds. The first-order valence-corrected chi connectivity index (χ1v) is 9.26. The van der Waals surface area contributed by atoms with Crippen molar-refractivity contribution < 1.29 is 24.5 Å². The second-order valence-corrected chi connectivity index (χ2v) is 7.11. The van der Waals surface area contributed by atoms with Crippen LogP contribution in [0.5, 0.6) is 0 Å². The molecule has 144 valence electrons. The van der Waals surface area contributed by atoms with E-state index in [4.69, 9.17) is 10.5 Å². The molecule has 0 unspecified atom stereocenters. The molecule has 0 saturated carbocycles. The number of rotatable bonds is 7. The van der Waals surface area contributed by atoms with Gasteiger partial charge in [-0.2, -0.15) is 0 Å². The first-order chi connectivity index (χ1) is 12.4. The van der Waals surface area contributed by atoms with Crippen LogP contribution in [0.25, 0.3) is 0 Å². The number of nitrogens with two attached hydrogens (primary N) is 1. The fraction of sp³-hybridized carbons (Fsp3) is 0.562. The Morgan fingerprint density at radius 3 is 2.88 bits per heavy atom. The van der Waals surface area contributed by atoms with Gasteiger partial charge in [-0.1, -0.05) is 6.07 Å². The lowest BCUT2D eigenvalue weighted by molar-refractivity contribution is -0.128. The molecule has 1 aromatic heterocycles. The van der Waals surface area contributed by atoms with Gasteiger partial charge in [0.25, 0.3) is 0 Å². The lowest BCUT2D eigenvalue weighted by Gasteiger charge is -2.39. The van der Waals surface area contributed by atoms with E-state index in [-0.39, 0.29) is 24.7 Å². The largest absolute Gasteiger partial charge is 0.394 e. The highest BCUT2D eigenvalue weighted by Gasteiger charge is 2.38. The van der Waals surface area contributed by atoms with Crippen LogP contribution in [0.3, 0.4) is 0 Å². The summed E-state index contributed by atoms with van der Waals surface area (Å²) in [7, 11) is 0. The number of pyridine rings is 1. The number of aliphatic hydroxyl groups is 2. The van der Waals surface area contributed by atoms with Crippen molar-refractivity contribution >= 4 is 29.4 Å². The maximum Gasteiger partial charge on any atom is 0.243 e. The van der Waals surface area contributed by atoms with E-state index in [0.29, 0.717) is 5.82 Å². The third kappa shape index (κ3) is 5.92. The molecule has 5 atom stereocenters. The lowest BCUT2D eigenvalue weighted by atomic mass is 10.0. The van der Waals surface area contributed by atoms with Gasteiger partial charge in [0, 0.05) is 25.3 Å². The van der Waals surface area contributed by atoms with Crippen LogP contribution in [0, 0.1) is 0 Å². The van der Waals surface area contributed by atoms with E-state index < -0.39 is 35.6 Å². The van der Waals surface area contributed by atoms with E-state index in [1.807, 2.05) is 0 Å². The van der Waals surface area contributed by atoms with Gasteiger partial charge < -0.3 is 31.3 Å². The summed E-state index contributed by atoms with van der Waals surface area (Å²) < 4.78 is 5.71. The lowest BCUT2D eigenvalue weighted by Crippen LogP contribution is -2.56. The van der Waals surface area contributed by atoms with E-state index in [2.05, 4.69) is 15.6 Å². The van der Waals surface area contributed by atoms with E-state index in [1.54, 1.807) is 24.4 Å². The molecule has 1 saturated heterocycles. The van der Waals surface area contributed by atoms with Gasteiger partial charge in [0.05, 0.1) is 30.9 Å². The second kappa shape index (κ2) is 9.83. The summed E-state index contributed by atoms with van der Waals surface area (Å²) in [6.45, 7) is 1.10. The van der Waals surface area contributed by atoms with Gasteiger partial charge in [-0.05, 0) is 12.1 Å². The maximum atomic E-state index is 12.1. The number of nitrogens with zero attached hydrogens (tertiary/aromatic N) is 1. The molecule has 2 rings (SSSR count). The predicted molar refractivity (Wildman–Crippen MR) is 97.3 cm³/mol. The van der Waals surface area contributed by atoms with Crippen molar-refractivity contribution in [2.45, 2.75) is 43.1 Å². The van der Waals surface area contributed by atoms with Crippen LogP contribution < -0.4 is 16.4 Å². The Kier molecular flexibility index (Phi) is 7.79. The van der Waals surface area contributed by atoms with Crippen LogP contribution in [0.4, 0.5) is 5.82 Å². The van der Waals surface area contributed by atoms with E-state index in [0.717, 1.165) is 0 Å². The first-order valence-electron chi connectivity index (χ1n) is 8.21. The predicted octanol–water partition coefficient (Wildman–Crippen LogP) is -0.946. The number of carbonyl (C=O) groups is 2. The fourth-order valence-electron chi connectivity index (χ4n) is 2.52. The molecule has 1 aliphatic rings. The molecule has 1 aliphatic heterocycles. The normalized spacial score (nSPS) is 26.8. The van der Waals surface area contributed by atoms with E-state index in [1.165, 1.54) is 18.7 Å². The molecule has 0 radical (unpaired) electrons. The number of aromatic nitrogens is 1. The highest BCUT2D eigenvalue weighted by Crippen LogP contribution is 2.28. The summed E-state index contributed by atoms with van der Waals surface area (Å²) in [5.74, 6) is -0.103. The van der Waals surface area contributed by atoms with Gasteiger partial charge in [-0.15, -0.1) is 11.8 Å². The number of aliphatic hydroxyl groups excluding tert-OH is 2. The molecule has 9 nitrogen and oxygen atoms in total. The van der Waals surface area contributed by atoms with Crippen molar-refractivity contribution in [2.75, 3.05) is 17.7 Å². The van der Waals surface area contributed by atoms with Crippen molar-refractivity contribution in [3.63, 3.8) is 0 Å². The van der Waals surface area contributed by atoms with Crippen LogP contribution in [0.15, 0.2) is 24.4 Å². The third-order valence-corrected chi connectivity index (χ3v) is 5.09. The third-order valence-electron chi connectivity index (χ3n) is 3.81. The molecule has 0 bridgehead atoms. The van der Waals surface area contributed by atoms with Gasteiger partial charge in [0.2, 0.25) is 11.8 Å². The minimum atomic E-state index is -0.860. The molecule has 0 aliphatic carbocycles. The first kappa shape index (κ1) is 20.6. The zero-order valence-corrected chi connectivity index (χ0v) is 15.2. The van der Waals surface area contributed by atoms with Crippen molar-refractivity contribution in [1.29, 1.82) is 0 Å². The minimum Gasteiger partial charge on any atom is -0.394 e. The molecular formula is C16H24N4O5S. The Labute approximate surface area is 155 Å². The Morgan fingerprint density at radius 2 is 2.27 bits per heavy atom. The van der Waals surface area contributed by atoms with Crippen LogP contribution in [0.2, 0.25) is 0 Å². The average molecular weight is 384 g/mol.